The van der Waals surface area contributed by atoms with Gasteiger partial charge in [-0.2, -0.15) is 11.8 Å². The molecule has 2 aromatic carbocycles. The van der Waals surface area contributed by atoms with E-state index in [-0.39, 0.29) is 24.1 Å². The molecule has 0 unspecified atom stereocenters. The van der Waals surface area contributed by atoms with E-state index >= 15 is 0 Å². The fraction of sp³-hybridized carbons (Fsp3) is 0.515. The predicted molar refractivity (Wildman–Crippen MR) is 159 cm³/mol. The molecule has 218 valence electrons. The molecular weight excluding hydrogens is 538 g/mol. The number of carbonyl (C=O) groups excluding carboxylic acids is 4. The van der Waals surface area contributed by atoms with Gasteiger partial charge in [0.25, 0.3) is 0 Å². The minimum Gasteiger partial charge on any atom is -0.466 e. The summed E-state index contributed by atoms with van der Waals surface area (Å²) in [5.74, 6) is -0.937. The van der Waals surface area contributed by atoms with Crippen molar-refractivity contribution < 1.29 is 28.7 Å². The molecule has 2 aliphatic carbocycles. The van der Waals surface area contributed by atoms with E-state index < -0.39 is 40.3 Å². The van der Waals surface area contributed by atoms with Crippen LogP contribution in [0.4, 0.5) is 10.5 Å². The Morgan fingerprint density at radius 3 is 2.44 bits per heavy atom. The maximum atomic E-state index is 15.0. The Balaban J connectivity index is 1.66. The number of nitrogens with zero attached hydrogens (tertiary/aromatic N) is 1. The van der Waals surface area contributed by atoms with Crippen molar-refractivity contribution in [1.29, 1.82) is 0 Å². The number of amides is 2. The quantitative estimate of drug-likeness (QED) is 0.369. The van der Waals surface area contributed by atoms with E-state index in [0.717, 1.165) is 10.7 Å². The number of ether oxygens (including phenoxy) is 2. The van der Waals surface area contributed by atoms with Crippen molar-refractivity contribution in [1.82, 2.24) is 0 Å². The van der Waals surface area contributed by atoms with Crippen LogP contribution < -0.4 is 4.90 Å². The van der Waals surface area contributed by atoms with Crippen LogP contribution in [0.25, 0.3) is 0 Å². The number of Topliss-reactive ketones (excluding diaryl/α,β-unsaturated/α-hetero) is 1. The minimum absolute atomic E-state index is 0.0247. The Bertz CT molecular complexity index is 1340. The Kier molecular flexibility index (Phi) is 8.07. The van der Waals surface area contributed by atoms with Crippen molar-refractivity contribution in [3.8, 4) is 0 Å². The summed E-state index contributed by atoms with van der Waals surface area (Å²) in [6.45, 7) is 7.19. The Labute approximate surface area is 246 Å². The van der Waals surface area contributed by atoms with Crippen molar-refractivity contribution in [2.75, 3.05) is 11.5 Å². The van der Waals surface area contributed by atoms with E-state index in [2.05, 4.69) is 12.1 Å². The normalized spacial score (nSPS) is 27.7. The number of imide groups is 1. The smallest absolute Gasteiger partial charge is 0.421 e. The maximum Gasteiger partial charge on any atom is 0.421 e. The van der Waals surface area contributed by atoms with E-state index in [1.54, 1.807) is 51.6 Å². The first-order valence-electron chi connectivity index (χ1n) is 14.5. The lowest BCUT2D eigenvalue weighted by molar-refractivity contribution is -0.164. The van der Waals surface area contributed by atoms with Crippen molar-refractivity contribution in [3.63, 3.8) is 0 Å². The lowest BCUT2D eigenvalue weighted by atomic mass is 9.45. The average molecular weight is 578 g/mol. The van der Waals surface area contributed by atoms with Gasteiger partial charge in [-0.25, -0.2) is 9.69 Å². The summed E-state index contributed by atoms with van der Waals surface area (Å²) in [6, 6.07) is 17.4. The summed E-state index contributed by atoms with van der Waals surface area (Å²) in [5.41, 5.74) is -0.850. The number of benzene rings is 2. The molecule has 41 heavy (non-hydrogen) atoms. The van der Waals surface area contributed by atoms with Gasteiger partial charge in [0.15, 0.2) is 0 Å². The van der Waals surface area contributed by atoms with Crippen LogP contribution in [0.1, 0.15) is 77.3 Å². The van der Waals surface area contributed by atoms with E-state index in [1.807, 2.05) is 30.3 Å². The molecule has 0 N–H and O–H groups in total. The third kappa shape index (κ3) is 5.20. The first kappa shape index (κ1) is 29.4. The predicted octanol–water partition coefficient (Wildman–Crippen LogP) is 6.61. The van der Waals surface area contributed by atoms with E-state index in [4.69, 9.17) is 9.47 Å². The first-order valence-corrected chi connectivity index (χ1v) is 15.6. The molecule has 2 amide bonds. The number of fused-ring (bicyclic) bond motifs is 3. The monoisotopic (exact) mass is 577 g/mol. The van der Waals surface area contributed by atoms with Gasteiger partial charge in [-0.1, -0.05) is 48.5 Å². The Morgan fingerprint density at radius 2 is 1.76 bits per heavy atom. The molecule has 2 saturated carbocycles. The number of carbonyl (C=O) groups is 4. The summed E-state index contributed by atoms with van der Waals surface area (Å²) in [7, 11) is 0. The molecule has 1 heterocycles. The topological polar surface area (TPSA) is 90.0 Å². The molecular formula is C33H39NO6S. The molecule has 2 spiro atoms. The Hall–Kier alpha value is -3.13. The zero-order valence-electron chi connectivity index (χ0n) is 24.3. The highest BCUT2D eigenvalue weighted by molar-refractivity contribution is 7.99. The molecule has 0 saturated heterocycles. The van der Waals surface area contributed by atoms with Crippen LogP contribution in [0.5, 0.6) is 0 Å². The molecule has 3 aliphatic rings. The van der Waals surface area contributed by atoms with Gasteiger partial charge in [-0.3, -0.25) is 14.4 Å². The highest BCUT2D eigenvalue weighted by Crippen LogP contribution is 2.67. The summed E-state index contributed by atoms with van der Waals surface area (Å²) in [6.07, 6.45) is 2.12. The molecule has 0 aromatic heterocycles. The van der Waals surface area contributed by atoms with Crippen molar-refractivity contribution >= 4 is 41.2 Å². The summed E-state index contributed by atoms with van der Waals surface area (Å²) in [5, 5.41) is 0.0247. The maximum absolute atomic E-state index is 15.0. The molecule has 0 bridgehead atoms. The summed E-state index contributed by atoms with van der Waals surface area (Å²) >= 11 is 1.76. The third-order valence-electron chi connectivity index (χ3n) is 8.71. The van der Waals surface area contributed by atoms with E-state index in [9.17, 15) is 19.2 Å². The van der Waals surface area contributed by atoms with Gasteiger partial charge < -0.3 is 9.47 Å². The van der Waals surface area contributed by atoms with Crippen LogP contribution in [-0.4, -0.2) is 41.2 Å². The second-order valence-electron chi connectivity index (χ2n) is 12.5. The van der Waals surface area contributed by atoms with Gasteiger partial charge in [0.05, 0.1) is 23.6 Å². The SMILES string of the molecule is CCOC(=O)[C@H]1C[C@H](SCc2ccccc2)C[C@]2(CCCC(=O)C2)[C@@]12C(=O)N(C(=O)OC(C)(C)C)c1ccccc12. The standard InChI is InChI=1S/C33H39NO6S/c1-5-39-28(36)26-18-24(41-21-22-12-7-6-8-13-22)20-32(17-11-14-23(35)19-32)33(26)25-15-9-10-16-27(25)34(29(33)37)30(38)40-31(2,3)4/h6-10,12-13,15-16,24,26H,5,11,14,17-21H2,1-4H3/t24-,26+,32+,33+/m0/s1. The van der Waals surface area contributed by atoms with Gasteiger partial charge in [0, 0.05) is 23.8 Å². The van der Waals surface area contributed by atoms with Gasteiger partial charge in [0.1, 0.15) is 11.4 Å². The van der Waals surface area contributed by atoms with Crippen LogP contribution in [0.3, 0.4) is 0 Å². The minimum atomic E-state index is -1.41. The third-order valence-corrected chi connectivity index (χ3v) is 10.0. The second-order valence-corrected chi connectivity index (χ2v) is 13.7. The van der Waals surface area contributed by atoms with Crippen LogP contribution in [0, 0.1) is 11.3 Å². The number of rotatable bonds is 5. The average Bonchev–Trinajstić information content (AvgIpc) is 3.18. The summed E-state index contributed by atoms with van der Waals surface area (Å²) < 4.78 is 11.4. The van der Waals surface area contributed by atoms with Gasteiger partial charge in [-0.05, 0) is 76.0 Å². The zero-order valence-corrected chi connectivity index (χ0v) is 25.1. The van der Waals surface area contributed by atoms with Crippen LogP contribution in [-0.2, 0) is 35.0 Å². The number of esters is 1. The van der Waals surface area contributed by atoms with E-state index in [0.29, 0.717) is 43.4 Å². The molecule has 0 radical (unpaired) electrons. The molecule has 2 fully saturated rings. The zero-order chi connectivity index (χ0) is 29.4. The van der Waals surface area contributed by atoms with E-state index in [1.165, 1.54) is 5.56 Å². The molecule has 2 aromatic rings. The lowest BCUT2D eigenvalue weighted by Crippen LogP contribution is -2.64. The van der Waals surface area contributed by atoms with Gasteiger partial charge >= 0.3 is 12.1 Å². The number of anilines is 1. The van der Waals surface area contributed by atoms with Crippen LogP contribution in [0.2, 0.25) is 0 Å². The van der Waals surface area contributed by atoms with Crippen molar-refractivity contribution in [2.45, 2.75) is 88.2 Å². The number of hydrogen-bond acceptors (Lipinski definition) is 7. The number of ketones is 1. The van der Waals surface area contributed by atoms with Crippen LogP contribution in [0.15, 0.2) is 54.6 Å². The number of hydrogen-bond donors (Lipinski definition) is 0. The number of para-hydroxylation sites is 1. The van der Waals surface area contributed by atoms with Gasteiger partial charge in [-0.15, -0.1) is 0 Å². The highest BCUT2D eigenvalue weighted by Gasteiger charge is 2.72. The molecule has 1 aliphatic heterocycles. The fourth-order valence-corrected chi connectivity index (χ4v) is 8.74. The Morgan fingerprint density at radius 1 is 1.05 bits per heavy atom. The molecule has 4 atom stereocenters. The molecule has 5 rings (SSSR count). The fourth-order valence-electron chi connectivity index (χ4n) is 7.35. The van der Waals surface area contributed by atoms with Gasteiger partial charge in [0.2, 0.25) is 5.91 Å². The first-order chi connectivity index (χ1) is 19.5. The van der Waals surface area contributed by atoms with Crippen molar-refractivity contribution in [3.05, 3.63) is 65.7 Å². The second kappa shape index (κ2) is 11.3. The largest absolute Gasteiger partial charge is 0.466 e. The molecule has 7 nitrogen and oxygen atoms in total. The van der Waals surface area contributed by atoms with Crippen LogP contribution >= 0.6 is 11.8 Å². The lowest BCUT2D eigenvalue weighted by Gasteiger charge is -2.57. The highest BCUT2D eigenvalue weighted by atomic mass is 32.2. The molecule has 8 heteroatoms. The number of thioether (sulfide) groups is 1. The summed E-state index contributed by atoms with van der Waals surface area (Å²) in [4.78, 5) is 56.9. The van der Waals surface area contributed by atoms with Crippen molar-refractivity contribution in [2.24, 2.45) is 11.3 Å².